The number of carboxylic acid groups (broad SMARTS) is 1. The van der Waals surface area contributed by atoms with E-state index in [0.717, 1.165) is 5.69 Å². The molecule has 0 spiro atoms. The molecule has 1 aromatic carbocycles. The van der Waals surface area contributed by atoms with E-state index in [4.69, 9.17) is 5.11 Å². The maximum atomic E-state index is 12.0. The molecule has 2 rings (SSSR count). The molecule has 1 aromatic heterocycles. The minimum absolute atomic E-state index is 0.0467. The van der Waals surface area contributed by atoms with Crippen molar-refractivity contribution in [3.63, 3.8) is 0 Å². The van der Waals surface area contributed by atoms with E-state index < -0.39 is 5.97 Å². The fraction of sp³-hybridized carbons (Fsp3) is 0.214. The van der Waals surface area contributed by atoms with Crippen molar-refractivity contribution < 1.29 is 14.7 Å². The highest BCUT2D eigenvalue weighted by molar-refractivity contribution is 7.13. The molecule has 0 saturated carbocycles. The van der Waals surface area contributed by atoms with Gasteiger partial charge in [-0.25, -0.2) is 4.98 Å². The Morgan fingerprint density at radius 1 is 1.29 bits per heavy atom. The summed E-state index contributed by atoms with van der Waals surface area (Å²) < 4.78 is 0. The normalized spacial score (nSPS) is 10.1. The van der Waals surface area contributed by atoms with Gasteiger partial charge in [0.15, 0.2) is 5.13 Å². The molecule has 0 atom stereocenters. The lowest BCUT2D eigenvalue weighted by Gasteiger charge is -2.21. The van der Waals surface area contributed by atoms with Gasteiger partial charge < -0.3 is 15.3 Å². The number of carbonyl (C=O) groups is 2. The molecule has 0 radical (unpaired) electrons. The first kappa shape index (κ1) is 15.0. The zero-order valence-electron chi connectivity index (χ0n) is 11.4. The van der Waals surface area contributed by atoms with Crippen LogP contribution >= 0.6 is 11.3 Å². The van der Waals surface area contributed by atoms with Gasteiger partial charge in [0.1, 0.15) is 6.54 Å². The van der Waals surface area contributed by atoms with Gasteiger partial charge in [-0.05, 0) is 19.1 Å². The predicted molar refractivity (Wildman–Crippen MR) is 81.8 cm³/mol. The van der Waals surface area contributed by atoms with Crippen LogP contribution in [-0.2, 0) is 9.59 Å². The Balaban J connectivity index is 2.04. The van der Waals surface area contributed by atoms with Gasteiger partial charge in [-0.2, -0.15) is 0 Å². The Labute approximate surface area is 126 Å². The van der Waals surface area contributed by atoms with Gasteiger partial charge in [-0.15, -0.1) is 11.3 Å². The quantitative estimate of drug-likeness (QED) is 0.852. The van der Waals surface area contributed by atoms with Crippen LogP contribution in [0.1, 0.15) is 5.69 Å². The summed E-state index contributed by atoms with van der Waals surface area (Å²) >= 11 is 1.34. The van der Waals surface area contributed by atoms with Crippen molar-refractivity contribution in [2.75, 3.05) is 23.3 Å². The van der Waals surface area contributed by atoms with Crippen molar-refractivity contribution in [3.8, 4) is 0 Å². The van der Waals surface area contributed by atoms with Gasteiger partial charge in [0, 0.05) is 11.1 Å². The Morgan fingerprint density at radius 3 is 2.57 bits per heavy atom. The highest BCUT2D eigenvalue weighted by atomic mass is 32.1. The number of rotatable bonds is 6. The van der Waals surface area contributed by atoms with Crippen molar-refractivity contribution in [1.29, 1.82) is 0 Å². The minimum Gasteiger partial charge on any atom is -0.480 e. The number of carboxylic acids is 1. The van der Waals surface area contributed by atoms with Gasteiger partial charge in [-0.3, -0.25) is 9.59 Å². The molecule has 2 aromatic rings. The molecule has 0 aliphatic heterocycles. The Morgan fingerprint density at radius 2 is 2.00 bits per heavy atom. The number of nitrogens with one attached hydrogen (secondary N) is 1. The summed E-state index contributed by atoms with van der Waals surface area (Å²) in [5, 5.41) is 14.0. The monoisotopic (exact) mass is 305 g/mol. The van der Waals surface area contributed by atoms with E-state index >= 15 is 0 Å². The van der Waals surface area contributed by atoms with Crippen molar-refractivity contribution in [2.24, 2.45) is 0 Å². The molecule has 0 aliphatic carbocycles. The number of thiazole rings is 1. The second-order valence-corrected chi connectivity index (χ2v) is 5.29. The van der Waals surface area contributed by atoms with Crippen LogP contribution in [0.2, 0.25) is 0 Å². The van der Waals surface area contributed by atoms with Crippen LogP contribution < -0.4 is 10.2 Å². The molecule has 21 heavy (non-hydrogen) atoms. The van der Waals surface area contributed by atoms with Gasteiger partial charge in [0.05, 0.1) is 12.2 Å². The number of amides is 1. The van der Waals surface area contributed by atoms with Gasteiger partial charge in [0.25, 0.3) is 0 Å². The van der Waals surface area contributed by atoms with Gasteiger partial charge >= 0.3 is 5.97 Å². The van der Waals surface area contributed by atoms with Crippen LogP contribution in [0.25, 0.3) is 0 Å². The van der Waals surface area contributed by atoms with E-state index in [1.807, 2.05) is 18.4 Å². The maximum absolute atomic E-state index is 12.0. The summed E-state index contributed by atoms with van der Waals surface area (Å²) in [6.45, 7) is 1.55. The number of para-hydroxylation sites is 1. The van der Waals surface area contributed by atoms with Crippen molar-refractivity contribution in [1.82, 2.24) is 4.98 Å². The van der Waals surface area contributed by atoms with Gasteiger partial charge in [0.2, 0.25) is 5.91 Å². The molecule has 6 nitrogen and oxygen atoms in total. The summed E-state index contributed by atoms with van der Waals surface area (Å²) in [6.07, 6.45) is 0. The fourth-order valence-corrected chi connectivity index (χ4v) is 2.49. The molecular weight excluding hydrogens is 290 g/mol. The molecule has 1 amide bonds. The summed E-state index contributed by atoms with van der Waals surface area (Å²) in [6, 6.07) is 8.97. The summed E-state index contributed by atoms with van der Waals surface area (Å²) in [4.78, 5) is 28.6. The predicted octanol–water partition coefficient (Wildman–Crippen LogP) is 1.98. The van der Waals surface area contributed by atoms with Crippen LogP contribution in [0, 0.1) is 6.92 Å². The Kier molecular flexibility index (Phi) is 4.89. The van der Waals surface area contributed by atoms with Crippen LogP contribution in [0.4, 0.5) is 10.8 Å². The number of hydrogen-bond donors (Lipinski definition) is 2. The SMILES string of the molecule is Cc1csc(NC(=O)CN(CC(=O)O)c2ccccc2)n1. The highest BCUT2D eigenvalue weighted by Crippen LogP contribution is 2.16. The number of nitrogens with zero attached hydrogens (tertiary/aromatic N) is 2. The number of aromatic nitrogens is 1. The van der Waals surface area contributed by atoms with Crippen molar-refractivity contribution in [3.05, 3.63) is 41.4 Å². The van der Waals surface area contributed by atoms with Crippen LogP contribution in [-0.4, -0.2) is 35.1 Å². The Bertz CT molecular complexity index is 627. The lowest BCUT2D eigenvalue weighted by Crippen LogP contribution is -2.37. The molecule has 0 aliphatic rings. The van der Waals surface area contributed by atoms with Crippen LogP contribution in [0.5, 0.6) is 0 Å². The third-order valence-electron chi connectivity index (χ3n) is 2.65. The number of carbonyl (C=O) groups excluding carboxylic acids is 1. The molecule has 0 fully saturated rings. The first-order valence-electron chi connectivity index (χ1n) is 6.28. The van der Waals surface area contributed by atoms with E-state index in [1.165, 1.54) is 16.2 Å². The average Bonchev–Trinajstić information content (AvgIpc) is 2.83. The molecule has 0 unspecified atom stereocenters. The standard InChI is InChI=1S/C14H15N3O3S/c1-10-9-21-14(15-10)16-12(18)7-17(8-13(19)20)11-5-3-2-4-6-11/h2-6,9H,7-8H2,1H3,(H,19,20)(H,15,16,18). The summed E-state index contributed by atoms with van der Waals surface area (Å²) in [7, 11) is 0. The molecule has 0 saturated heterocycles. The topological polar surface area (TPSA) is 82.5 Å². The number of anilines is 2. The zero-order valence-corrected chi connectivity index (χ0v) is 12.3. The number of aryl methyl sites for hydroxylation is 1. The first-order chi connectivity index (χ1) is 10.0. The Hall–Kier alpha value is -2.41. The van der Waals surface area contributed by atoms with E-state index in [2.05, 4.69) is 10.3 Å². The molecule has 7 heteroatoms. The largest absolute Gasteiger partial charge is 0.480 e. The van der Waals surface area contributed by atoms with E-state index in [0.29, 0.717) is 10.8 Å². The third kappa shape index (κ3) is 4.57. The summed E-state index contributed by atoms with van der Waals surface area (Å²) in [5.74, 6) is -1.29. The van der Waals surface area contributed by atoms with Crippen LogP contribution in [0.3, 0.4) is 0 Å². The molecule has 2 N–H and O–H groups in total. The van der Waals surface area contributed by atoms with E-state index in [1.54, 1.807) is 24.3 Å². The second-order valence-electron chi connectivity index (χ2n) is 4.43. The average molecular weight is 305 g/mol. The maximum Gasteiger partial charge on any atom is 0.323 e. The number of aliphatic carboxylic acids is 1. The summed E-state index contributed by atoms with van der Waals surface area (Å²) in [5.41, 5.74) is 1.52. The highest BCUT2D eigenvalue weighted by Gasteiger charge is 2.15. The van der Waals surface area contributed by atoms with Gasteiger partial charge in [-0.1, -0.05) is 18.2 Å². The number of hydrogen-bond acceptors (Lipinski definition) is 5. The zero-order chi connectivity index (χ0) is 15.2. The van der Waals surface area contributed by atoms with Crippen LogP contribution in [0.15, 0.2) is 35.7 Å². The first-order valence-corrected chi connectivity index (χ1v) is 7.16. The molecule has 1 heterocycles. The van der Waals surface area contributed by atoms with Crippen molar-refractivity contribution in [2.45, 2.75) is 6.92 Å². The number of benzene rings is 1. The van der Waals surface area contributed by atoms with Crippen molar-refractivity contribution >= 4 is 34.0 Å². The molecule has 0 bridgehead atoms. The molecule has 110 valence electrons. The lowest BCUT2D eigenvalue weighted by atomic mass is 10.3. The smallest absolute Gasteiger partial charge is 0.323 e. The minimum atomic E-state index is -0.989. The van der Waals surface area contributed by atoms with E-state index in [-0.39, 0.29) is 19.0 Å². The van der Waals surface area contributed by atoms with E-state index in [9.17, 15) is 9.59 Å². The second kappa shape index (κ2) is 6.85. The fourth-order valence-electron chi connectivity index (χ4n) is 1.78. The third-order valence-corrected chi connectivity index (χ3v) is 3.52. The molecular formula is C14H15N3O3S. The lowest BCUT2D eigenvalue weighted by molar-refractivity contribution is -0.135.